The van der Waals surface area contributed by atoms with Gasteiger partial charge in [-0.3, -0.25) is 9.71 Å². The van der Waals surface area contributed by atoms with Crippen LogP contribution in [0.1, 0.15) is 13.3 Å². The van der Waals surface area contributed by atoms with Crippen molar-refractivity contribution >= 4 is 15.9 Å². The summed E-state index contributed by atoms with van der Waals surface area (Å²) in [7, 11) is -1.91. The van der Waals surface area contributed by atoms with E-state index in [0.29, 0.717) is 12.2 Å². The summed E-state index contributed by atoms with van der Waals surface area (Å²) >= 11 is 0. The molecule has 0 aliphatic heterocycles. The van der Waals surface area contributed by atoms with E-state index >= 15 is 0 Å². The van der Waals surface area contributed by atoms with Gasteiger partial charge in [-0.15, -0.1) is 0 Å². The Morgan fingerprint density at radius 2 is 2.00 bits per heavy atom. The Balaban J connectivity index is 2.47. The van der Waals surface area contributed by atoms with E-state index in [1.165, 1.54) is 4.31 Å². The minimum Gasteiger partial charge on any atom is -0.317 e. The second-order valence-electron chi connectivity index (χ2n) is 3.87. The van der Waals surface area contributed by atoms with Gasteiger partial charge in [-0.05, 0) is 31.6 Å². The van der Waals surface area contributed by atoms with Gasteiger partial charge in [0.05, 0.1) is 5.69 Å². The minimum atomic E-state index is -3.47. The van der Waals surface area contributed by atoms with Gasteiger partial charge in [0, 0.05) is 26.0 Å². The second-order valence-corrected chi connectivity index (χ2v) is 5.65. The van der Waals surface area contributed by atoms with Gasteiger partial charge in [-0.2, -0.15) is 12.7 Å². The van der Waals surface area contributed by atoms with Crippen molar-refractivity contribution in [1.82, 2.24) is 14.6 Å². The lowest BCUT2D eigenvalue weighted by Crippen LogP contribution is -2.34. The van der Waals surface area contributed by atoms with E-state index in [0.717, 1.165) is 19.5 Å². The highest BCUT2D eigenvalue weighted by Crippen LogP contribution is 2.08. The molecule has 0 aliphatic carbocycles. The van der Waals surface area contributed by atoms with Gasteiger partial charge < -0.3 is 5.32 Å². The third-order valence-electron chi connectivity index (χ3n) is 2.41. The standard InChI is InChI=1S/C11H20N4O2S/c1-3-12-7-4-10-15(2)18(16,17)14-11-5-8-13-9-6-11/h5-6,8-9,12H,3-4,7,10H2,1-2H3,(H,13,14). The van der Waals surface area contributed by atoms with E-state index in [1.54, 1.807) is 31.6 Å². The first-order chi connectivity index (χ1) is 8.56. The van der Waals surface area contributed by atoms with Crippen LogP contribution in [0.25, 0.3) is 0 Å². The zero-order chi connectivity index (χ0) is 13.4. The molecule has 6 nitrogen and oxygen atoms in total. The Labute approximate surface area is 109 Å². The predicted octanol–water partition coefficient (Wildman–Crippen LogP) is 0.670. The highest BCUT2D eigenvalue weighted by Gasteiger charge is 2.16. The molecule has 0 bridgehead atoms. The zero-order valence-corrected chi connectivity index (χ0v) is 11.6. The molecule has 0 atom stereocenters. The number of hydrogen-bond acceptors (Lipinski definition) is 4. The van der Waals surface area contributed by atoms with Crippen molar-refractivity contribution in [2.45, 2.75) is 13.3 Å². The maximum atomic E-state index is 11.9. The summed E-state index contributed by atoms with van der Waals surface area (Å²) in [6, 6.07) is 3.23. The lowest BCUT2D eigenvalue weighted by molar-refractivity contribution is 0.459. The van der Waals surface area contributed by atoms with Crippen molar-refractivity contribution in [2.75, 3.05) is 31.4 Å². The van der Waals surface area contributed by atoms with Crippen LogP contribution >= 0.6 is 0 Å². The Kier molecular flexibility index (Phi) is 6.03. The number of pyridine rings is 1. The average Bonchev–Trinajstić information content (AvgIpc) is 2.35. The largest absolute Gasteiger partial charge is 0.317 e. The molecule has 0 unspecified atom stereocenters. The van der Waals surface area contributed by atoms with Gasteiger partial charge in [0.1, 0.15) is 0 Å². The Hall–Kier alpha value is -1.18. The van der Waals surface area contributed by atoms with Crippen molar-refractivity contribution in [3.63, 3.8) is 0 Å². The lowest BCUT2D eigenvalue weighted by atomic mass is 10.4. The van der Waals surface area contributed by atoms with Crippen LogP contribution in [0, 0.1) is 0 Å². The fraction of sp³-hybridized carbons (Fsp3) is 0.545. The van der Waals surface area contributed by atoms with Gasteiger partial charge in [-0.1, -0.05) is 6.92 Å². The van der Waals surface area contributed by atoms with Gasteiger partial charge in [0.2, 0.25) is 0 Å². The number of rotatable bonds is 8. The number of nitrogens with one attached hydrogen (secondary N) is 2. The molecule has 0 aromatic carbocycles. The topological polar surface area (TPSA) is 74.3 Å². The third-order valence-corrected chi connectivity index (χ3v) is 3.91. The molecule has 0 amide bonds. The molecule has 0 radical (unpaired) electrons. The van der Waals surface area contributed by atoms with E-state index in [1.807, 2.05) is 6.92 Å². The summed E-state index contributed by atoms with van der Waals surface area (Å²) < 4.78 is 27.7. The number of aromatic nitrogens is 1. The molecule has 2 N–H and O–H groups in total. The quantitative estimate of drug-likeness (QED) is 0.682. The SMILES string of the molecule is CCNCCCN(C)S(=O)(=O)Nc1ccncc1. The van der Waals surface area contributed by atoms with Gasteiger partial charge in [-0.25, -0.2) is 0 Å². The fourth-order valence-corrected chi connectivity index (χ4v) is 2.33. The average molecular weight is 272 g/mol. The van der Waals surface area contributed by atoms with Crippen molar-refractivity contribution in [3.8, 4) is 0 Å². The highest BCUT2D eigenvalue weighted by atomic mass is 32.2. The molecule has 0 aliphatic rings. The third kappa shape index (κ3) is 4.99. The monoisotopic (exact) mass is 272 g/mol. The molecule has 7 heteroatoms. The van der Waals surface area contributed by atoms with Gasteiger partial charge in [0.15, 0.2) is 0 Å². The highest BCUT2D eigenvalue weighted by molar-refractivity contribution is 7.90. The van der Waals surface area contributed by atoms with Crippen molar-refractivity contribution in [1.29, 1.82) is 0 Å². The van der Waals surface area contributed by atoms with Crippen LogP contribution in [0.5, 0.6) is 0 Å². The van der Waals surface area contributed by atoms with E-state index in [2.05, 4.69) is 15.0 Å². The Morgan fingerprint density at radius 1 is 1.33 bits per heavy atom. The molecule has 1 rings (SSSR count). The van der Waals surface area contributed by atoms with Crippen LogP contribution in [0.3, 0.4) is 0 Å². The molecule has 1 aromatic heterocycles. The van der Waals surface area contributed by atoms with Gasteiger partial charge >= 0.3 is 10.2 Å². The smallest absolute Gasteiger partial charge is 0.301 e. The summed E-state index contributed by atoms with van der Waals surface area (Å²) in [6.45, 7) is 4.20. The lowest BCUT2D eigenvalue weighted by Gasteiger charge is -2.18. The first-order valence-corrected chi connectivity index (χ1v) is 7.35. The van der Waals surface area contributed by atoms with Crippen LogP contribution in [0.4, 0.5) is 5.69 Å². The molecule has 0 spiro atoms. The maximum absolute atomic E-state index is 11.9. The summed E-state index contributed by atoms with van der Waals surface area (Å²) in [4.78, 5) is 3.83. The van der Waals surface area contributed by atoms with Crippen LogP contribution in [0.15, 0.2) is 24.5 Å². The van der Waals surface area contributed by atoms with Crippen molar-refractivity contribution in [2.24, 2.45) is 0 Å². The fourth-order valence-electron chi connectivity index (χ4n) is 1.37. The van der Waals surface area contributed by atoms with Crippen LogP contribution in [-0.2, 0) is 10.2 Å². The van der Waals surface area contributed by atoms with E-state index in [9.17, 15) is 8.42 Å². The van der Waals surface area contributed by atoms with E-state index in [-0.39, 0.29) is 0 Å². The molecular weight excluding hydrogens is 252 g/mol. The molecule has 102 valence electrons. The Morgan fingerprint density at radius 3 is 2.61 bits per heavy atom. The first kappa shape index (κ1) is 14.9. The maximum Gasteiger partial charge on any atom is 0.301 e. The summed E-state index contributed by atoms with van der Waals surface area (Å²) in [5, 5.41) is 3.15. The van der Waals surface area contributed by atoms with Crippen molar-refractivity contribution in [3.05, 3.63) is 24.5 Å². The number of anilines is 1. The first-order valence-electron chi connectivity index (χ1n) is 5.91. The number of hydrogen-bond donors (Lipinski definition) is 2. The molecule has 0 saturated heterocycles. The van der Waals surface area contributed by atoms with E-state index in [4.69, 9.17) is 0 Å². The Bertz CT molecular complexity index is 436. The summed E-state index contributed by atoms with van der Waals surface area (Å²) in [6.07, 6.45) is 3.87. The molecule has 1 aromatic rings. The molecular formula is C11H20N4O2S. The van der Waals surface area contributed by atoms with Crippen LogP contribution < -0.4 is 10.0 Å². The summed E-state index contributed by atoms with van der Waals surface area (Å²) in [5.41, 5.74) is 0.517. The zero-order valence-electron chi connectivity index (χ0n) is 10.8. The predicted molar refractivity (Wildman–Crippen MR) is 72.6 cm³/mol. The molecule has 18 heavy (non-hydrogen) atoms. The summed E-state index contributed by atoms with van der Waals surface area (Å²) in [5.74, 6) is 0. The molecule has 1 heterocycles. The van der Waals surface area contributed by atoms with Crippen LogP contribution in [-0.4, -0.2) is 44.4 Å². The second kappa shape index (κ2) is 7.30. The van der Waals surface area contributed by atoms with E-state index < -0.39 is 10.2 Å². The van der Waals surface area contributed by atoms with Crippen LogP contribution in [0.2, 0.25) is 0 Å². The molecule has 0 saturated carbocycles. The number of nitrogens with zero attached hydrogens (tertiary/aromatic N) is 2. The normalized spacial score (nSPS) is 11.7. The van der Waals surface area contributed by atoms with Crippen molar-refractivity contribution < 1.29 is 8.42 Å². The molecule has 0 fully saturated rings. The minimum absolute atomic E-state index is 0.480. The van der Waals surface area contributed by atoms with Gasteiger partial charge in [0.25, 0.3) is 0 Å².